The first-order chi connectivity index (χ1) is 12.3. The number of piperidine rings is 2. The molecule has 0 N–H and O–H groups in total. The molecule has 2 fully saturated rings. The Morgan fingerprint density at radius 3 is 2.46 bits per heavy atom. The molecular formula is C20H30N2O3S. The highest BCUT2D eigenvalue weighted by Crippen LogP contribution is 2.44. The quantitative estimate of drug-likeness (QED) is 0.806. The highest BCUT2D eigenvalue weighted by atomic mass is 32.2. The summed E-state index contributed by atoms with van der Waals surface area (Å²) >= 11 is 0. The van der Waals surface area contributed by atoms with E-state index in [0.29, 0.717) is 5.92 Å². The second-order valence-corrected chi connectivity index (χ2v) is 10.5. The number of amides is 1. The van der Waals surface area contributed by atoms with Crippen LogP contribution in [0.15, 0.2) is 30.3 Å². The fraction of sp³-hybridized carbons (Fsp3) is 0.650. The van der Waals surface area contributed by atoms with Crippen molar-refractivity contribution in [2.45, 2.75) is 31.6 Å². The number of hydrogen-bond acceptors (Lipinski definition) is 4. The van der Waals surface area contributed by atoms with Crippen molar-refractivity contribution in [3.63, 3.8) is 0 Å². The summed E-state index contributed by atoms with van der Waals surface area (Å²) < 4.78 is 22.6. The number of carbonyl (C=O) groups is 1. The van der Waals surface area contributed by atoms with Gasteiger partial charge in [-0.2, -0.15) is 0 Å². The second-order valence-electron chi connectivity index (χ2n) is 8.27. The zero-order valence-electron chi connectivity index (χ0n) is 15.9. The van der Waals surface area contributed by atoms with Crippen LogP contribution in [0.3, 0.4) is 0 Å². The van der Waals surface area contributed by atoms with Gasteiger partial charge in [0.25, 0.3) is 0 Å². The van der Waals surface area contributed by atoms with E-state index in [-0.39, 0.29) is 23.5 Å². The van der Waals surface area contributed by atoms with Gasteiger partial charge in [0.05, 0.1) is 5.75 Å². The number of hydrogen-bond donors (Lipinski definition) is 0. The van der Waals surface area contributed by atoms with Crippen LogP contribution < -0.4 is 0 Å². The van der Waals surface area contributed by atoms with Gasteiger partial charge < -0.3 is 9.80 Å². The first-order valence-electron chi connectivity index (χ1n) is 9.45. The van der Waals surface area contributed by atoms with E-state index in [1.54, 1.807) is 0 Å². The first kappa shape index (κ1) is 19.4. The normalized spacial score (nSPS) is 23.9. The molecule has 0 radical (unpaired) electrons. The molecule has 6 heteroatoms. The summed E-state index contributed by atoms with van der Waals surface area (Å²) in [6, 6.07) is 10.7. The molecule has 1 unspecified atom stereocenters. The lowest BCUT2D eigenvalue weighted by Crippen LogP contribution is -2.51. The lowest BCUT2D eigenvalue weighted by atomic mass is 9.68. The van der Waals surface area contributed by atoms with E-state index in [4.69, 9.17) is 0 Å². The minimum atomic E-state index is -3.08. The van der Waals surface area contributed by atoms with Gasteiger partial charge in [-0.15, -0.1) is 0 Å². The van der Waals surface area contributed by atoms with E-state index < -0.39 is 9.84 Å². The summed E-state index contributed by atoms with van der Waals surface area (Å²) in [7, 11) is -0.889. The molecule has 1 spiro atoms. The molecule has 5 nitrogen and oxygen atoms in total. The SMILES string of the molecule is CN1CC(c2ccccc2)CC2(CCN(C(=O)CCS(C)(=O)=O)CC2)C1. The van der Waals surface area contributed by atoms with Crippen LogP contribution in [0.25, 0.3) is 0 Å². The number of likely N-dealkylation sites (tertiary alicyclic amines) is 2. The Morgan fingerprint density at radius 1 is 1.19 bits per heavy atom. The van der Waals surface area contributed by atoms with E-state index in [9.17, 15) is 13.2 Å². The second kappa shape index (κ2) is 7.69. The maximum absolute atomic E-state index is 12.3. The highest BCUT2D eigenvalue weighted by Gasteiger charge is 2.41. The van der Waals surface area contributed by atoms with Crippen LogP contribution in [0, 0.1) is 5.41 Å². The van der Waals surface area contributed by atoms with Crippen LogP contribution in [0.1, 0.15) is 37.2 Å². The van der Waals surface area contributed by atoms with Crippen molar-refractivity contribution in [2.24, 2.45) is 5.41 Å². The standard InChI is InChI=1S/C20H30N2O3S/c1-21-15-18(17-6-4-3-5-7-17)14-20(16-21)9-11-22(12-10-20)19(23)8-13-26(2,24)25/h3-7,18H,8-16H2,1-2H3. The largest absolute Gasteiger partial charge is 0.343 e. The van der Waals surface area contributed by atoms with Crippen molar-refractivity contribution in [1.82, 2.24) is 9.80 Å². The van der Waals surface area contributed by atoms with Gasteiger partial charge in [-0.05, 0) is 43.2 Å². The monoisotopic (exact) mass is 378 g/mol. The molecule has 0 bridgehead atoms. The number of sulfone groups is 1. The van der Waals surface area contributed by atoms with Crippen molar-refractivity contribution in [2.75, 3.05) is 45.2 Å². The average Bonchev–Trinajstić information content (AvgIpc) is 2.60. The van der Waals surface area contributed by atoms with Crippen LogP contribution in [0.4, 0.5) is 0 Å². The van der Waals surface area contributed by atoms with Crippen LogP contribution in [-0.4, -0.2) is 69.4 Å². The molecule has 2 saturated heterocycles. The van der Waals surface area contributed by atoms with Gasteiger partial charge >= 0.3 is 0 Å². The Kier molecular flexibility index (Phi) is 5.72. The van der Waals surface area contributed by atoms with E-state index in [0.717, 1.165) is 39.0 Å². The fourth-order valence-electron chi connectivity index (χ4n) is 4.64. The molecule has 1 amide bonds. The molecule has 1 aromatic rings. The third kappa shape index (κ3) is 4.86. The molecule has 26 heavy (non-hydrogen) atoms. The number of rotatable bonds is 4. The molecule has 0 aromatic heterocycles. The topological polar surface area (TPSA) is 57.7 Å². The van der Waals surface area contributed by atoms with Crippen LogP contribution in [0.5, 0.6) is 0 Å². The number of nitrogens with zero attached hydrogens (tertiary/aromatic N) is 2. The lowest BCUT2D eigenvalue weighted by Gasteiger charge is -2.49. The Hall–Kier alpha value is -1.40. The maximum Gasteiger partial charge on any atom is 0.223 e. The predicted molar refractivity (Wildman–Crippen MR) is 104 cm³/mol. The Morgan fingerprint density at radius 2 is 1.85 bits per heavy atom. The molecule has 144 valence electrons. The van der Waals surface area contributed by atoms with E-state index in [1.165, 1.54) is 18.2 Å². The van der Waals surface area contributed by atoms with Crippen LogP contribution in [-0.2, 0) is 14.6 Å². The molecule has 3 rings (SSSR count). The number of benzene rings is 1. The van der Waals surface area contributed by atoms with Crippen LogP contribution >= 0.6 is 0 Å². The summed E-state index contributed by atoms with van der Waals surface area (Å²) in [6.45, 7) is 3.67. The maximum atomic E-state index is 12.3. The van der Waals surface area contributed by atoms with E-state index in [2.05, 4.69) is 42.3 Å². The summed E-state index contributed by atoms with van der Waals surface area (Å²) in [5.74, 6) is 0.475. The highest BCUT2D eigenvalue weighted by molar-refractivity contribution is 7.90. The molecule has 1 atom stereocenters. The molecule has 0 saturated carbocycles. The van der Waals surface area contributed by atoms with Gasteiger partial charge in [0.15, 0.2) is 0 Å². The Balaban J connectivity index is 1.61. The van der Waals surface area contributed by atoms with Gasteiger partial charge in [-0.25, -0.2) is 8.42 Å². The molecular weight excluding hydrogens is 348 g/mol. The van der Waals surface area contributed by atoms with Crippen LogP contribution in [0.2, 0.25) is 0 Å². The van der Waals surface area contributed by atoms with Crippen molar-refractivity contribution in [3.05, 3.63) is 35.9 Å². The van der Waals surface area contributed by atoms with Crippen molar-refractivity contribution >= 4 is 15.7 Å². The molecule has 2 aliphatic rings. The predicted octanol–water partition coefficient (Wildman–Crippen LogP) is 2.15. The molecule has 0 aliphatic carbocycles. The molecule has 1 aromatic carbocycles. The minimum absolute atomic E-state index is 0.0194. The van der Waals surface area contributed by atoms with Gasteiger partial charge in [-0.1, -0.05) is 30.3 Å². The van der Waals surface area contributed by atoms with E-state index >= 15 is 0 Å². The van der Waals surface area contributed by atoms with Gasteiger partial charge in [0, 0.05) is 38.9 Å². The summed E-state index contributed by atoms with van der Waals surface area (Å²) in [5, 5.41) is 0. The van der Waals surface area contributed by atoms with Crippen molar-refractivity contribution < 1.29 is 13.2 Å². The zero-order valence-corrected chi connectivity index (χ0v) is 16.7. The third-order valence-electron chi connectivity index (χ3n) is 5.95. The Bertz CT molecular complexity index is 725. The minimum Gasteiger partial charge on any atom is -0.343 e. The lowest BCUT2D eigenvalue weighted by molar-refractivity contribution is -0.133. The van der Waals surface area contributed by atoms with Crippen molar-refractivity contribution in [3.8, 4) is 0 Å². The third-order valence-corrected chi connectivity index (χ3v) is 6.90. The van der Waals surface area contributed by atoms with Gasteiger partial charge in [-0.3, -0.25) is 4.79 Å². The first-order valence-corrected chi connectivity index (χ1v) is 11.5. The zero-order chi connectivity index (χ0) is 18.8. The smallest absolute Gasteiger partial charge is 0.223 e. The van der Waals surface area contributed by atoms with Crippen molar-refractivity contribution in [1.29, 1.82) is 0 Å². The number of carbonyl (C=O) groups excluding carboxylic acids is 1. The Labute approximate surface area is 157 Å². The summed E-state index contributed by atoms with van der Waals surface area (Å²) in [6.07, 6.45) is 4.48. The molecule has 2 aliphatic heterocycles. The van der Waals surface area contributed by atoms with Gasteiger partial charge in [0.2, 0.25) is 5.91 Å². The van der Waals surface area contributed by atoms with E-state index in [1.807, 2.05) is 4.90 Å². The average molecular weight is 379 g/mol. The number of likely N-dealkylation sites (N-methyl/N-ethyl adjacent to an activating group) is 1. The summed E-state index contributed by atoms with van der Waals surface area (Å²) in [5.41, 5.74) is 1.67. The fourth-order valence-corrected chi connectivity index (χ4v) is 5.18. The molecule has 2 heterocycles. The van der Waals surface area contributed by atoms with Gasteiger partial charge in [0.1, 0.15) is 9.84 Å². The summed E-state index contributed by atoms with van der Waals surface area (Å²) in [4.78, 5) is 16.6.